The van der Waals surface area contributed by atoms with Crippen LogP contribution < -0.4 is 22.1 Å². The molecule has 2 amide bonds. The maximum absolute atomic E-state index is 14.9. The number of nitrogens with one attached hydrogen (secondary N) is 2. The smallest absolute Gasteiger partial charge is 0.228 e. The van der Waals surface area contributed by atoms with E-state index in [4.69, 9.17) is 11.5 Å². The lowest BCUT2D eigenvalue weighted by Crippen LogP contribution is -2.20. The Hall–Kier alpha value is -6.12. The number of aromatic nitrogens is 4. The number of fused-ring (bicyclic) bond motifs is 2. The van der Waals surface area contributed by atoms with Gasteiger partial charge < -0.3 is 31.9 Å². The molecule has 2 aliphatic carbocycles. The molecule has 2 aliphatic rings. The minimum absolute atomic E-state index is 0.0155. The van der Waals surface area contributed by atoms with Gasteiger partial charge in [0.1, 0.15) is 11.6 Å². The highest BCUT2D eigenvalue weighted by atomic mass is 19.1. The van der Waals surface area contributed by atoms with Crippen molar-refractivity contribution < 1.29 is 18.4 Å². The molecule has 14 heteroatoms. The summed E-state index contributed by atoms with van der Waals surface area (Å²) in [6.07, 6.45) is 11.4. The lowest BCUT2D eigenvalue weighted by molar-refractivity contribution is -0.118. The number of carbonyl (C=O) groups is 2. The van der Waals surface area contributed by atoms with Gasteiger partial charge in [-0.3, -0.25) is 19.6 Å². The summed E-state index contributed by atoms with van der Waals surface area (Å²) in [5.74, 6) is 0.655. The molecule has 2 aromatic carbocycles. The van der Waals surface area contributed by atoms with Crippen molar-refractivity contribution in [1.82, 2.24) is 29.7 Å². The molecular formula is C44H48F2N10O2. The third-order valence-electron chi connectivity index (χ3n) is 10.9. The molecular weight excluding hydrogens is 739 g/mol. The van der Waals surface area contributed by atoms with Gasteiger partial charge in [0.2, 0.25) is 11.8 Å². The van der Waals surface area contributed by atoms with E-state index in [1.54, 1.807) is 49.1 Å². The van der Waals surface area contributed by atoms with Crippen LogP contribution in [0.5, 0.6) is 0 Å². The number of hydrogen-bond donors (Lipinski definition) is 4. The fourth-order valence-corrected chi connectivity index (χ4v) is 7.53. The van der Waals surface area contributed by atoms with E-state index < -0.39 is 11.6 Å². The number of halogens is 2. The van der Waals surface area contributed by atoms with E-state index in [9.17, 15) is 18.4 Å². The van der Waals surface area contributed by atoms with Crippen molar-refractivity contribution in [2.24, 2.45) is 23.7 Å². The quantitative estimate of drug-likeness (QED) is 0.107. The molecule has 4 atom stereocenters. The second-order valence-corrected chi connectivity index (χ2v) is 16.0. The van der Waals surface area contributed by atoms with Crippen LogP contribution in [-0.4, -0.2) is 82.8 Å². The van der Waals surface area contributed by atoms with E-state index in [-0.39, 0.29) is 35.0 Å². The Balaban J connectivity index is 0.000000177. The van der Waals surface area contributed by atoms with Crippen LogP contribution in [0, 0.1) is 49.2 Å². The predicted octanol–water partition coefficient (Wildman–Crippen LogP) is 6.93. The van der Waals surface area contributed by atoms with E-state index in [0.29, 0.717) is 67.3 Å². The molecule has 12 nitrogen and oxygen atoms in total. The van der Waals surface area contributed by atoms with E-state index in [1.807, 2.05) is 54.2 Å². The number of anilines is 4. The van der Waals surface area contributed by atoms with Gasteiger partial charge in [0, 0.05) is 95.1 Å². The summed E-state index contributed by atoms with van der Waals surface area (Å²) in [5, 5.41) is 8.24. The molecule has 0 aliphatic heterocycles. The molecule has 6 N–H and O–H groups in total. The van der Waals surface area contributed by atoms with E-state index in [0.717, 1.165) is 37.1 Å². The van der Waals surface area contributed by atoms with Crippen LogP contribution in [-0.2, 0) is 9.59 Å². The number of nitrogen functional groups attached to an aromatic ring is 2. The fourth-order valence-electron chi connectivity index (χ4n) is 7.53. The topological polar surface area (TPSA) is 168 Å². The van der Waals surface area contributed by atoms with Crippen LogP contribution in [0.1, 0.15) is 24.0 Å². The average molecular weight is 787 g/mol. The third kappa shape index (κ3) is 8.58. The minimum atomic E-state index is -0.489. The third-order valence-corrected chi connectivity index (χ3v) is 10.9. The standard InChI is InChI=1S/2C22H24FN5O/c2*1-12-4-5-25-9-17(12)16-6-13-8-19(26-10-18(13)21(24)20(16)23)27-22(29)15-7-14(15)11-28(2)3/h2*4-6,8-10,14-15H,7,11,24H2,1-3H3,(H,26,27,29)/t2*14-,15-/m10/s1. The number of rotatable bonds is 10. The lowest BCUT2D eigenvalue weighted by Gasteiger charge is -2.13. The van der Waals surface area contributed by atoms with Crippen molar-refractivity contribution in [3.05, 3.63) is 96.3 Å². The molecule has 0 spiro atoms. The van der Waals surface area contributed by atoms with E-state index in [2.05, 4.69) is 40.4 Å². The first kappa shape index (κ1) is 40.1. The summed E-state index contributed by atoms with van der Waals surface area (Å²) in [7, 11) is 8.01. The Kier molecular flexibility index (Phi) is 11.3. The number of hydrogen-bond acceptors (Lipinski definition) is 10. The van der Waals surface area contributed by atoms with E-state index >= 15 is 0 Å². The molecule has 4 heterocycles. The van der Waals surface area contributed by atoms with Gasteiger partial charge in [-0.1, -0.05) is 0 Å². The molecule has 58 heavy (non-hydrogen) atoms. The normalized spacial score (nSPS) is 18.2. The fraction of sp³-hybridized carbons (Fsp3) is 0.318. The maximum atomic E-state index is 14.9. The zero-order valence-corrected chi connectivity index (χ0v) is 33.5. The van der Waals surface area contributed by atoms with Crippen LogP contribution in [0.2, 0.25) is 0 Å². The molecule has 2 saturated carbocycles. The first-order valence-corrected chi connectivity index (χ1v) is 19.2. The summed E-state index contributed by atoms with van der Waals surface area (Å²) in [4.78, 5) is 45.9. The van der Waals surface area contributed by atoms with Crippen LogP contribution in [0.15, 0.2) is 73.6 Å². The van der Waals surface area contributed by atoms with Crippen LogP contribution in [0.3, 0.4) is 0 Å². The van der Waals surface area contributed by atoms with Gasteiger partial charge in [-0.2, -0.15) is 0 Å². The van der Waals surface area contributed by atoms with Crippen LogP contribution in [0.4, 0.5) is 31.8 Å². The molecule has 2 fully saturated rings. The van der Waals surface area contributed by atoms with Crippen molar-refractivity contribution in [1.29, 1.82) is 0 Å². The van der Waals surface area contributed by atoms with Crippen molar-refractivity contribution in [3.63, 3.8) is 0 Å². The summed E-state index contributed by atoms with van der Waals surface area (Å²) < 4.78 is 29.8. The monoisotopic (exact) mass is 786 g/mol. The van der Waals surface area contributed by atoms with Gasteiger partial charge in [0.15, 0.2) is 11.6 Å². The van der Waals surface area contributed by atoms with E-state index in [1.165, 1.54) is 12.4 Å². The molecule has 0 bridgehead atoms. The molecule has 4 aromatic heterocycles. The number of nitrogens with two attached hydrogens (primary N) is 2. The summed E-state index contributed by atoms with van der Waals surface area (Å²) in [5.41, 5.74) is 16.1. The lowest BCUT2D eigenvalue weighted by atomic mass is 9.98. The van der Waals surface area contributed by atoms with Crippen molar-refractivity contribution >= 4 is 56.4 Å². The first-order chi connectivity index (χ1) is 27.7. The SMILES string of the molecule is Cc1ccncc1-c1cc2cc(NC(=O)[C@@H]3C[C@@H]3CN(C)C)ncc2c(N)c1F.Cc1ccncc1-c1cc2cc(NC(=O)[C@H]3C[C@H]3CN(C)C)ncc2c(N)c1F. The zero-order chi connectivity index (χ0) is 41.4. The van der Waals surface area contributed by atoms with Gasteiger partial charge >= 0.3 is 0 Å². The summed E-state index contributed by atoms with van der Waals surface area (Å²) in [6.45, 7) is 5.59. The summed E-state index contributed by atoms with van der Waals surface area (Å²) >= 11 is 0. The van der Waals surface area contributed by atoms with Gasteiger partial charge in [-0.25, -0.2) is 18.7 Å². The Morgan fingerprint density at radius 1 is 0.655 bits per heavy atom. The van der Waals surface area contributed by atoms with Gasteiger partial charge in [0.25, 0.3) is 0 Å². The number of benzene rings is 2. The Morgan fingerprint density at radius 2 is 1.05 bits per heavy atom. The van der Waals surface area contributed by atoms with Crippen molar-refractivity contribution in [2.75, 3.05) is 63.4 Å². The molecule has 8 rings (SSSR count). The molecule has 300 valence electrons. The van der Waals surface area contributed by atoms with Gasteiger partial charge in [-0.05, 0) is 125 Å². The number of aryl methyl sites for hydroxylation is 2. The Morgan fingerprint density at radius 3 is 1.41 bits per heavy atom. The van der Waals surface area contributed by atoms with Crippen molar-refractivity contribution in [3.8, 4) is 22.3 Å². The largest absolute Gasteiger partial charge is 0.396 e. The second-order valence-electron chi connectivity index (χ2n) is 16.0. The molecule has 0 radical (unpaired) electrons. The number of nitrogens with zero attached hydrogens (tertiary/aromatic N) is 6. The Bertz CT molecular complexity index is 2370. The highest BCUT2D eigenvalue weighted by molar-refractivity contribution is 6.02. The maximum Gasteiger partial charge on any atom is 0.228 e. The van der Waals surface area contributed by atoms with Gasteiger partial charge in [0.05, 0.1) is 11.4 Å². The first-order valence-electron chi connectivity index (χ1n) is 19.2. The van der Waals surface area contributed by atoms with Crippen LogP contribution in [0.25, 0.3) is 43.8 Å². The molecule has 0 unspecified atom stereocenters. The number of pyridine rings is 4. The predicted molar refractivity (Wildman–Crippen MR) is 226 cm³/mol. The molecule has 0 saturated heterocycles. The average Bonchev–Trinajstić information content (AvgIpc) is 4.12. The van der Waals surface area contributed by atoms with Gasteiger partial charge in [-0.15, -0.1) is 0 Å². The number of carbonyl (C=O) groups excluding carboxylic acids is 2. The second kappa shape index (κ2) is 16.4. The summed E-state index contributed by atoms with van der Waals surface area (Å²) in [6, 6.07) is 10.6. The highest BCUT2D eigenvalue weighted by Crippen LogP contribution is 2.41. The number of amides is 2. The Labute approximate surface area is 336 Å². The van der Waals surface area contributed by atoms with Crippen LogP contribution >= 0.6 is 0 Å². The van der Waals surface area contributed by atoms with Crippen molar-refractivity contribution in [2.45, 2.75) is 26.7 Å². The minimum Gasteiger partial charge on any atom is -0.396 e. The highest BCUT2D eigenvalue weighted by Gasteiger charge is 2.44. The zero-order valence-electron chi connectivity index (χ0n) is 33.5. The molecule has 6 aromatic rings.